The van der Waals surface area contributed by atoms with Crippen LogP contribution in [0, 0.1) is 0 Å². The molecule has 3 aromatic rings. The molecule has 5 nitrogen and oxygen atoms in total. The fourth-order valence-corrected chi connectivity index (χ4v) is 4.52. The van der Waals surface area contributed by atoms with Crippen molar-refractivity contribution in [2.75, 3.05) is 26.7 Å². The van der Waals surface area contributed by atoms with E-state index in [1.54, 1.807) is 23.3 Å². The first kappa shape index (κ1) is 17.9. The van der Waals surface area contributed by atoms with E-state index < -0.39 is 0 Å². The Morgan fingerprint density at radius 1 is 1.22 bits per heavy atom. The van der Waals surface area contributed by atoms with E-state index in [1.807, 2.05) is 35.8 Å². The molecule has 0 aliphatic carbocycles. The first-order valence-electron chi connectivity index (χ1n) is 9.34. The minimum Gasteiger partial charge on any atom is -0.497 e. The first-order chi connectivity index (χ1) is 13.2. The molecule has 6 heteroatoms. The molecule has 1 aliphatic heterocycles. The van der Waals surface area contributed by atoms with Gasteiger partial charge in [-0.05, 0) is 42.5 Å². The molecule has 1 saturated heterocycles. The predicted octanol–water partition coefficient (Wildman–Crippen LogP) is 2.45. The summed E-state index contributed by atoms with van der Waals surface area (Å²) in [7, 11) is 1.68. The smallest absolute Gasteiger partial charge is 0.251 e. The number of quaternary nitrogens is 1. The summed E-state index contributed by atoms with van der Waals surface area (Å²) >= 11 is 1.56. The molecule has 1 fully saturated rings. The number of nitrogens with zero attached hydrogens (tertiary/aromatic N) is 1. The number of rotatable bonds is 6. The topological polar surface area (TPSA) is 55.7 Å². The number of aromatic nitrogens is 1. The van der Waals surface area contributed by atoms with Crippen LogP contribution in [0.4, 0.5) is 0 Å². The third-order valence-corrected chi connectivity index (χ3v) is 6.11. The van der Waals surface area contributed by atoms with Gasteiger partial charge in [0.2, 0.25) is 0 Å². The Hall–Kier alpha value is -2.44. The van der Waals surface area contributed by atoms with Gasteiger partial charge in [-0.2, -0.15) is 0 Å². The molecule has 140 valence electrons. The van der Waals surface area contributed by atoms with E-state index in [0.717, 1.165) is 29.1 Å². The second-order valence-corrected chi connectivity index (χ2v) is 7.82. The number of amides is 1. The maximum Gasteiger partial charge on any atom is 0.251 e. The van der Waals surface area contributed by atoms with Crippen LogP contribution in [0.15, 0.2) is 48.0 Å². The second-order valence-electron chi connectivity index (χ2n) is 6.94. The normalized spacial score (nSPS) is 15.7. The van der Waals surface area contributed by atoms with Crippen molar-refractivity contribution >= 4 is 27.5 Å². The van der Waals surface area contributed by atoms with Gasteiger partial charge in [0.1, 0.15) is 11.8 Å². The quantitative estimate of drug-likeness (QED) is 0.689. The van der Waals surface area contributed by atoms with Crippen molar-refractivity contribution in [3.05, 3.63) is 59.1 Å². The van der Waals surface area contributed by atoms with Crippen LogP contribution < -0.4 is 15.0 Å². The molecule has 27 heavy (non-hydrogen) atoms. The Morgan fingerprint density at radius 3 is 2.74 bits per heavy atom. The van der Waals surface area contributed by atoms with Crippen LogP contribution >= 0.6 is 11.3 Å². The van der Waals surface area contributed by atoms with E-state index >= 15 is 0 Å². The number of hydrogen-bond acceptors (Lipinski definition) is 4. The monoisotopic (exact) mass is 382 g/mol. The molecule has 0 radical (unpaired) electrons. The fraction of sp³-hybridized carbons (Fsp3) is 0.333. The average Bonchev–Trinajstić information content (AvgIpc) is 3.40. The molecule has 2 heterocycles. The van der Waals surface area contributed by atoms with Crippen LogP contribution in [0.2, 0.25) is 0 Å². The van der Waals surface area contributed by atoms with Crippen LogP contribution in [0.25, 0.3) is 10.2 Å². The number of carbonyl (C=O) groups excluding carboxylic acids is 1. The van der Waals surface area contributed by atoms with Crippen molar-refractivity contribution < 1.29 is 14.4 Å². The van der Waals surface area contributed by atoms with Gasteiger partial charge in [0.05, 0.1) is 42.5 Å². The SMILES string of the molecule is COc1ccc([C@H](CNC(=O)c2ccc3ncsc3c2)[NH+]2CCCC2)cc1. The number of ether oxygens (including phenoxy) is 1. The first-order valence-corrected chi connectivity index (χ1v) is 10.2. The summed E-state index contributed by atoms with van der Waals surface area (Å²) in [6.45, 7) is 2.93. The summed E-state index contributed by atoms with van der Waals surface area (Å²) in [5.74, 6) is 0.832. The zero-order chi connectivity index (χ0) is 18.6. The summed E-state index contributed by atoms with van der Waals surface area (Å²) < 4.78 is 6.32. The molecule has 1 aliphatic rings. The number of nitrogens with one attached hydrogen (secondary N) is 2. The zero-order valence-corrected chi connectivity index (χ0v) is 16.2. The summed E-state index contributed by atoms with van der Waals surface area (Å²) in [4.78, 5) is 18.5. The third kappa shape index (κ3) is 3.96. The van der Waals surface area contributed by atoms with Gasteiger partial charge in [-0.1, -0.05) is 0 Å². The van der Waals surface area contributed by atoms with Crippen molar-refractivity contribution in [1.82, 2.24) is 10.3 Å². The second kappa shape index (κ2) is 8.06. The van der Waals surface area contributed by atoms with E-state index in [-0.39, 0.29) is 11.9 Å². The summed E-state index contributed by atoms with van der Waals surface area (Å²) in [5, 5.41) is 3.15. The molecule has 0 spiro atoms. The van der Waals surface area contributed by atoms with Crippen molar-refractivity contribution in [2.45, 2.75) is 18.9 Å². The Labute approximate surface area is 163 Å². The van der Waals surface area contributed by atoms with Gasteiger partial charge in [0, 0.05) is 24.0 Å². The Kier molecular flexibility index (Phi) is 5.36. The zero-order valence-electron chi connectivity index (χ0n) is 15.4. The van der Waals surface area contributed by atoms with Crippen LogP contribution in [0.3, 0.4) is 0 Å². The summed E-state index contributed by atoms with van der Waals surface area (Å²) in [6.07, 6.45) is 2.50. The molecule has 0 unspecified atom stereocenters. The number of thiazole rings is 1. The minimum atomic E-state index is -0.0255. The highest BCUT2D eigenvalue weighted by Gasteiger charge is 2.28. The lowest BCUT2D eigenvalue weighted by atomic mass is 10.0. The molecular formula is C21H24N3O2S+. The largest absolute Gasteiger partial charge is 0.497 e. The van der Waals surface area contributed by atoms with Gasteiger partial charge in [-0.15, -0.1) is 11.3 Å². The van der Waals surface area contributed by atoms with E-state index in [0.29, 0.717) is 12.1 Å². The van der Waals surface area contributed by atoms with Crippen molar-refractivity contribution in [1.29, 1.82) is 0 Å². The van der Waals surface area contributed by atoms with Gasteiger partial charge < -0.3 is 15.0 Å². The van der Waals surface area contributed by atoms with Crippen molar-refractivity contribution in [3.8, 4) is 5.75 Å². The predicted molar refractivity (Wildman–Crippen MR) is 108 cm³/mol. The Balaban J connectivity index is 1.49. The highest BCUT2D eigenvalue weighted by Crippen LogP contribution is 2.20. The minimum absolute atomic E-state index is 0.0255. The standard InChI is InChI=1S/C21H23N3O2S/c1-26-17-7-4-15(5-8-17)19(24-10-2-3-11-24)13-22-21(25)16-6-9-18-20(12-16)27-14-23-18/h4-9,12,14,19H,2-3,10-11,13H2,1H3,(H,22,25)/p+1/t19-/m0/s1. The van der Waals surface area contributed by atoms with Gasteiger partial charge in [0.15, 0.2) is 0 Å². The number of fused-ring (bicyclic) bond motifs is 1. The van der Waals surface area contributed by atoms with Crippen LogP contribution in [0.5, 0.6) is 5.75 Å². The number of hydrogen-bond donors (Lipinski definition) is 2. The van der Waals surface area contributed by atoms with Crippen LogP contribution in [0.1, 0.15) is 34.8 Å². The van der Waals surface area contributed by atoms with Gasteiger partial charge in [-0.3, -0.25) is 4.79 Å². The van der Waals surface area contributed by atoms with E-state index in [1.165, 1.54) is 18.4 Å². The number of carbonyl (C=O) groups is 1. The average molecular weight is 383 g/mol. The molecule has 0 bridgehead atoms. The maximum atomic E-state index is 12.7. The fourth-order valence-electron chi connectivity index (χ4n) is 3.80. The van der Waals surface area contributed by atoms with E-state index in [2.05, 4.69) is 22.4 Å². The van der Waals surface area contributed by atoms with Crippen molar-refractivity contribution in [2.24, 2.45) is 0 Å². The lowest BCUT2D eigenvalue weighted by molar-refractivity contribution is -0.918. The Morgan fingerprint density at radius 2 is 2.00 bits per heavy atom. The maximum absolute atomic E-state index is 12.7. The number of likely N-dealkylation sites (tertiary alicyclic amines) is 1. The Bertz CT molecular complexity index is 917. The molecular weight excluding hydrogens is 358 g/mol. The van der Waals surface area contributed by atoms with Crippen LogP contribution in [-0.2, 0) is 0 Å². The number of benzene rings is 2. The molecule has 2 N–H and O–H groups in total. The highest BCUT2D eigenvalue weighted by molar-refractivity contribution is 7.16. The number of methoxy groups -OCH3 is 1. The van der Waals surface area contributed by atoms with Gasteiger partial charge in [0.25, 0.3) is 5.91 Å². The lowest BCUT2D eigenvalue weighted by Gasteiger charge is -2.25. The van der Waals surface area contributed by atoms with Gasteiger partial charge in [-0.25, -0.2) is 4.98 Å². The lowest BCUT2D eigenvalue weighted by Crippen LogP contribution is -3.11. The molecule has 2 aromatic carbocycles. The van der Waals surface area contributed by atoms with E-state index in [4.69, 9.17) is 4.74 Å². The molecule has 4 rings (SSSR count). The van der Waals surface area contributed by atoms with Crippen molar-refractivity contribution in [3.63, 3.8) is 0 Å². The molecule has 1 amide bonds. The molecule has 1 aromatic heterocycles. The summed E-state index contributed by atoms with van der Waals surface area (Å²) in [6, 6.07) is 14.2. The molecule has 0 saturated carbocycles. The van der Waals surface area contributed by atoms with E-state index in [9.17, 15) is 4.79 Å². The van der Waals surface area contributed by atoms with Crippen LogP contribution in [-0.4, -0.2) is 37.6 Å². The third-order valence-electron chi connectivity index (χ3n) is 5.32. The molecule has 1 atom stereocenters. The summed E-state index contributed by atoms with van der Waals surface area (Å²) in [5.41, 5.74) is 4.68. The van der Waals surface area contributed by atoms with Gasteiger partial charge >= 0.3 is 0 Å². The highest BCUT2D eigenvalue weighted by atomic mass is 32.1.